The Morgan fingerprint density at radius 2 is 2.12 bits per heavy atom. The lowest BCUT2D eigenvalue weighted by atomic mass is 9.84. The van der Waals surface area contributed by atoms with E-state index in [-0.39, 0.29) is 0 Å². The zero-order chi connectivity index (χ0) is 11.8. The van der Waals surface area contributed by atoms with E-state index in [1.54, 1.807) is 0 Å². The van der Waals surface area contributed by atoms with Gasteiger partial charge in [0.1, 0.15) is 0 Å². The number of hydrogen-bond donors (Lipinski definition) is 1. The molecule has 2 bridgehead atoms. The van der Waals surface area contributed by atoms with Crippen LogP contribution in [-0.4, -0.2) is 40.1 Å². The number of imidazole rings is 1. The van der Waals surface area contributed by atoms with Gasteiger partial charge in [0.2, 0.25) is 5.95 Å². The van der Waals surface area contributed by atoms with Gasteiger partial charge in [0.05, 0.1) is 0 Å². The third kappa shape index (κ3) is 2.06. The second kappa shape index (κ2) is 4.33. The van der Waals surface area contributed by atoms with Crippen LogP contribution in [0.15, 0.2) is 12.4 Å². The van der Waals surface area contributed by atoms with E-state index in [9.17, 15) is 0 Å². The van der Waals surface area contributed by atoms with Gasteiger partial charge in [-0.1, -0.05) is 0 Å². The van der Waals surface area contributed by atoms with E-state index < -0.39 is 0 Å². The number of fused-ring (bicyclic) bond motifs is 3. The van der Waals surface area contributed by atoms with Crippen molar-refractivity contribution in [3.05, 3.63) is 12.4 Å². The van der Waals surface area contributed by atoms with Gasteiger partial charge in [0.15, 0.2) is 0 Å². The number of piperidine rings is 3. The van der Waals surface area contributed by atoms with E-state index >= 15 is 0 Å². The third-order valence-electron chi connectivity index (χ3n) is 4.20. The van der Waals surface area contributed by atoms with E-state index in [1.165, 1.54) is 32.5 Å². The van der Waals surface area contributed by atoms with Crippen molar-refractivity contribution in [2.24, 2.45) is 5.92 Å². The highest BCUT2D eigenvalue weighted by Gasteiger charge is 2.34. The van der Waals surface area contributed by atoms with E-state index in [1.807, 2.05) is 6.20 Å². The number of nitrogens with one attached hydrogen (secondary N) is 1. The highest BCUT2D eigenvalue weighted by Crippen LogP contribution is 2.29. The van der Waals surface area contributed by atoms with Crippen LogP contribution in [0.1, 0.15) is 32.7 Å². The molecule has 0 aromatic carbocycles. The van der Waals surface area contributed by atoms with Crippen molar-refractivity contribution in [2.45, 2.75) is 38.8 Å². The molecule has 0 saturated carbocycles. The monoisotopic (exact) mass is 234 g/mol. The lowest BCUT2D eigenvalue weighted by Crippen LogP contribution is -2.53. The van der Waals surface area contributed by atoms with Crippen LogP contribution in [0.25, 0.3) is 0 Å². The predicted octanol–water partition coefficient (Wildman–Crippen LogP) is 1.97. The van der Waals surface area contributed by atoms with E-state index in [2.05, 4.69) is 39.8 Å². The summed E-state index contributed by atoms with van der Waals surface area (Å²) < 4.78 is 2.22. The second-order valence-corrected chi connectivity index (χ2v) is 5.64. The molecule has 3 aliphatic heterocycles. The Morgan fingerprint density at radius 3 is 2.71 bits per heavy atom. The Morgan fingerprint density at radius 1 is 1.35 bits per heavy atom. The minimum atomic E-state index is 0.473. The highest BCUT2D eigenvalue weighted by molar-refractivity contribution is 5.29. The van der Waals surface area contributed by atoms with Crippen molar-refractivity contribution in [2.75, 3.05) is 25.0 Å². The summed E-state index contributed by atoms with van der Waals surface area (Å²) in [7, 11) is 0. The predicted molar refractivity (Wildman–Crippen MR) is 69.2 cm³/mol. The maximum Gasteiger partial charge on any atom is 0.203 e. The van der Waals surface area contributed by atoms with Gasteiger partial charge in [-0.2, -0.15) is 0 Å². The fourth-order valence-corrected chi connectivity index (χ4v) is 3.14. The molecule has 0 radical (unpaired) electrons. The highest BCUT2D eigenvalue weighted by atomic mass is 15.3. The van der Waals surface area contributed by atoms with Crippen LogP contribution in [0, 0.1) is 5.92 Å². The maximum absolute atomic E-state index is 4.45. The molecule has 0 aliphatic carbocycles. The average Bonchev–Trinajstić information content (AvgIpc) is 2.79. The third-order valence-corrected chi connectivity index (χ3v) is 4.20. The summed E-state index contributed by atoms with van der Waals surface area (Å²) in [5.74, 6) is 1.89. The molecule has 1 N–H and O–H groups in total. The van der Waals surface area contributed by atoms with Gasteiger partial charge in [0.25, 0.3) is 0 Å². The summed E-state index contributed by atoms with van der Waals surface area (Å²) in [5.41, 5.74) is 0. The molecule has 1 aromatic heterocycles. The first-order valence-corrected chi connectivity index (χ1v) is 6.76. The molecule has 3 fully saturated rings. The Balaban J connectivity index is 1.72. The van der Waals surface area contributed by atoms with Gasteiger partial charge in [-0.15, -0.1) is 0 Å². The minimum Gasteiger partial charge on any atom is -0.351 e. The molecule has 4 heteroatoms. The molecule has 4 nitrogen and oxygen atoms in total. The van der Waals surface area contributed by atoms with Crippen LogP contribution >= 0.6 is 0 Å². The summed E-state index contributed by atoms with van der Waals surface area (Å²) >= 11 is 0. The van der Waals surface area contributed by atoms with Gasteiger partial charge >= 0.3 is 0 Å². The molecule has 94 valence electrons. The largest absolute Gasteiger partial charge is 0.351 e. The first-order chi connectivity index (χ1) is 8.24. The maximum atomic E-state index is 4.45. The van der Waals surface area contributed by atoms with Crippen molar-refractivity contribution in [1.29, 1.82) is 0 Å². The van der Waals surface area contributed by atoms with Crippen molar-refractivity contribution < 1.29 is 0 Å². The fourth-order valence-electron chi connectivity index (χ4n) is 3.14. The summed E-state index contributed by atoms with van der Waals surface area (Å²) in [6.07, 6.45) is 6.65. The SMILES string of the molecule is CC(C)n1ccnc1NC1CN2CCC1CC2. The zero-order valence-electron chi connectivity index (χ0n) is 10.8. The lowest BCUT2D eigenvalue weighted by molar-refractivity contribution is 0.0970. The van der Waals surface area contributed by atoms with E-state index in [0.717, 1.165) is 11.9 Å². The lowest BCUT2D eigenvalue weighted by Gasteiger charge is -2.45. The molecule has 0 amide bonds. The van der Waals surface area contributed by atoms with Crippen molar-refractivity contribution >= 4 is 5.95 Å². The van der Waals surface area contributed by atoms with Crippen LogP contribution in [0.2, 0.25) is 0 Å². The summed E-state index contributed by atoms with van der Waals surface area (Å²) in [5, 5.41) is 3.65. The first kappa shape index (κ1) is 11.1. The number of nitrogens with zero attached hydrogens (tertiary/aromatic N) is 3. The van der Waals surface area contributed by atoms with Gasteiger partial charge in [-0.05, 0) is 45.7 Å². The topological polar surface area (TPSA) is 33.1 Å². The molecule has 4 rings (SSSR count). The summed E-state index contributed by atoms with van der Waals surface area (Å²) in [4.78, 5) is 7.02. The van der Waals surface area contributed by atoms with Crippen LogP contribution in [0.3, 0.4) is 0 Å². The van der Waals surface area contributed by atoms with Gasteiger partial charge in [-0.25, -0.2) is 4.98 Å². The molecule has 1 unspecified atom stereocenters. The Kier molecular flexibility index (Phi) is 2.82. The minimum absolute atomic E-state index is 0.473. The quantitative estimate of drug-likeness (QED) is 0.868. The van der Waals surface area contributed by atoms with Crippen LogP contribution < -0.4 is 5.32 Å². The number of anilines is 1. The molecular weight excluding hydrogens is 212 g/mol. The first-order valence-electron chi connectivity index (χ1n) is 6.76. The van der Waals surface area contributed by atoms with Crippen molar-refractivity contribution in [3.63, 3.8) is 0 Å². The van der Waals surface area contributed by atoms with E-state index in [4.69, 9.17) is 0 Å². The average molecular weight is 234 g/mol. The van der Waals surface area contributed by atoms with Crippen molar-refractivity contribution in [1.82, 2.24) is 14.5 Å². The fraction of sp³-hybridized carbons (Fsp3) is 0.769. The zero-order valence-corrected chi connectivity index (χ0v) is 10.8. The number of rotatable bonds is 3. The van der Waals surface area contributed by atoms with Crippen molar-refractivity contribution in [3.8, 4) is 0 Å². The molecule has 17 heavy (non-hydrogen) atoms. The molecule has 1 aromatic rings. The number of hydrogen-bond acceptors (Lipinski definition) is 3. The van der Waals surface area contributed by atoms with E-state index in [0.29, 0.717) is 12.1 Å². The Hall–Kier alpha value is -1.03. The molecule has 3 saturated heterocycles. The normalized spacial score (nSPS) is 32.1. The standard InChI is InChI=1S/C13H22N4/c1-10(2)17-8-5-14-13(17)15-12-9-16-6-3-11(12)4-7-16/h5,8,10-12H,3-4,6-7,9H2,1-2H3,(H,14,15). The second-order valence-electron chi connectivity index (χ2n) is 5.64. The van der Waals surface area contributed by atoms with Crippen LogP contribution in [0.5, 0.6) is 0 Å². The van der Waals surface area contributed by atoms with Gasteiger partial charge in [0, 0.05) is 31.0 Å². The number of aromatic nitrogens is 2. The molecular formula is C13H22N4. The molecule has 3 aliphatic rings. The van der Waals surface area contributed by atoms with Crippen LogP contribution in [-0.2, 0) is 0 Å². The Labute approximate surface area is 103 Å². The molecule has 0 spiro atoms. The summed E-state index contributed by atoms with van der Waals surface area (Å²) in [6, 6.07) is 1.07. The molecule has 4 heterocycles. The summed E-state index contributed by atoms with van der Waals surface area (Å²) in [6.45, 7) is 8.17. The molecule has 1 atom stereocenters. The van der Waals surface area contributed by atoms with Gasteiger partial charge in [-0.3, -0.25) is 0 Å². The smallest absolute Gasteiger partial charge is 0.203 e. The van der Waals surface area contributed by atoms with Crippen LogP contribution in [0.4, 0.5) is 5.95 Å². The van der Waals surface area contributed by atoms with Gasteiger partial charge < -0.3 is 14.8 Å². The Bertz CT molecular complexity index is 377.